The Balaban J connectivity index is 1.46. The lowest BCUT2D eigenvalue weighted by atomic mass is 10.0. The van der Waals surface area contributed by atoms with Gasteiger partial charge in [-0.2, -0.15) is 13.2 Å². The number of carbonyl (C=O) groups excluding carboxylic acids is 1. The molecule has 0 radical (unpaired) electrons. The average molecular weight is 550 g/mol. The number of alkyl halides is 3. The van der Waals surface area contributed by atoms with Crippen LogP contribution in [0.5, 0.6) is 0 Å². The van der Waals surface area contributed by atoms with Crippen LogP contribution < -0.4 is 10.6 Å². The number of aromatic nitrogens is 2. The maximum absolute atomic E-state index is 13.5. The van der Waals surface area contributed by atoms with E-state index in [-0.39, 0.29) is 18.4 Å². The summed E-state index contributed by atoms with van der Waals surface area (Å²) in [5, 5.41) is 6.67. The van der Waals surface area contributed by atoms with E-state index in [1.807, 2.05) is 60.4 Å². The number of amides is 1. The molecule has 0 spiro atoms. The van der Waals surface area contributed by atoms with Crippen molar-refractivity contribution in [1.82, 2.24) is 19.8 Å². The summed E-state index contributed by atoms with van der Waals surface area (Å²) in [6, 6.07) is 21.1. The number of anilines is 1. The van der Waals surface area contributed by atoms with Crippen molar-refractivity contribution >= 4 is 28.9 Å². The van der Waals surface area contributed by atoms with E-state index in [1.54, 1.807) is 29.1 Å². The van der Waals surface area contributed by atoms with Crippen molar-refractivity contribution < 1.29 is 18.0 Å². The molecule has 5 rings (SSSR count). The Bertz CT molecular complexity index is 1470. The zero-order chi connectivity index (χ0) is 27.6. The summed E-state index contributed by atoms with van der Waals surface area (Å²) in [7, 11) is 0. The van der Waals surface area contributed by atoms with Gasteiger partial charge in [0.2, 0.25) is 5.91 Å². The van der Waals surface area contributed by atoms with Crippen molar-refractivity contribution in [2.45, 2.75) is 31.6 Å². The molecular weight excluding hydrogens is 523 g/mol. The number of pyridine rings is 1. The Labute approximate surface area is 229 Å². The van der Waals surface area contributed by atoms with Gasteiger partial charge in [-0.05, 0) is 73.7 Å². The van der Waals surface area contributed by atoms with Crippen LogP contribution in [0.25, 0.3) is 5.69 Å². The lowest BCUT2D eigenvalue weighted by Gasteiger charge is -2.29. The number of hydrogen-bond donors (Lipinski definition) is 2. The van der Waals surface area contributed by atoms with Crippen LogP contribution in [-0.4, -0.2) is 32.0 Å². The van der Waals surface area contributed by atoms with Crippen molar-refractivity contribution in [3.63, 3.8) is 0 Å². The number of hydrogen-bond acceptors (Lipinski definition) is 3. The Morgan fingerprint density at radius 2 is 1.85 bits per heavy atom. The summed E-state index contributed by atoms with van der Waals surface area (Å²) in [6.07, 6.45) is -0.900. The van der Waals surface area contributed by atoms with Crippen molar-refractivity contribution in [3.05, 3.63) is 114 Å². The van der Waals surface area contributed by atoms with Gasteiger partial charge in [0.05, 0.1) is 23.3 Å². The van der Waals surface area contributed by atoms with E-state index in [4.69, 9.17) is 12.2 Å². The van der Waals surface area contributed by atoms with Gasteiger partial charge in [0.15, 0.2) is 5.11 Å². The number of aryl methyl sites for hydroxylation is 1. The highest BCUT2D eigenvalue weighted by molar-refractivity contribution is 7.80. The maximum atomic E-state index is 13.5. The first-order valence-corrected chi connectivity index (χ1v) is 12.8. The summed E-state index contributed by atoms with van der Waals surface area (Å²) in [5.74, 6) is -0.171. The first-order valence-electron chi connectivity index (χ1n) is 12.4. The molecule has 1 saturated heterocycles. The van der Waals surface area contributed by atoms with Gasteiger partial charge in [0.1, 0.15) is 0 Å². The Hall–Kier alpha value is -4.18. The third-order valence-electron chi connectivity index (χ3n) is 6.65. The molecule has 1 amide bonds. The Morgan fingerprint density at radius 1 is 1.05 bits per heavy atom. The monoisotopic (exact) mass is 549 g/mol. The number of carbonyl (C=O) groups is 1. The summed E-state index contributed by atoms with van der Waals surface area (Å²) in [5.41, 5.74) is 2.89. The van der Waals surface area contributed by atoms with Crippen molar-refractivity contribution in [2.24, 2.45) is 0 Å². The van der Waals surface area contributed by atoms with Gasteiger partial charge in [-0.1, -0.05) is 29.8 Å². The quantitative estimate of drug-likeness (QED) is 0.269. The summed E-state index contributed by atoms with van der Waals surface area (Å²) in [4.78, 5) is 19.2. The van der Waals surface area contributed by atoms with E-state index < -0.39 is 17.8 Å². The van der Waals surface area contributed by atoms with Crippen LogP contribution in [-0.2, 0) is 11.0 Å². The fourth-order valence-electron chi connectivity index (χ4n) is 4.75. The minimum absolute atomic E-state index is 0.158. The molecule has 4 aromatic rings. The van der Waals surface area contributed by atoms with Gasteiger partial charge in [0, 0.05) is 42.4 Å². The average Bonchev–Trinajstić information content (AvgIpc) is 3.53. The lowest BCUT2D eigenvalue weighted by molar-refractivity contribution is -0.137. The second-order valence-electron chi connectivity index (χ2n) is 9.34. The maximum Gasteiger partial charge on any atom is 0.416 e. The molecule has 1 fully saturated rings. The number of thiocarbonyl (C=S) groups is 1. The molecule has 0 saturated carbocycles. The van der Waals surface area contributed by atoms with E-state index >= 15 is 0 Å². The fourth-order valence-corrected chi connectivity index (χ4v) is 5.08. The van der Waals surface area contributed by atoms with E-state index in [9.17, 15) is 18.0 Å². The third kappa shape index (κ3) is 5.80. The number of rotatable bonds is 7. The van der Waals surface area contributed by atoms with Crippen LogP contribution in [0, 0.1) is 6.92 Å². The van der Waals surface area contributed by atoms with Gasteiger partial charge in [-0.3, -0.25) is 9.78 Å². The summed E-state index contributed by atoms with van der Waals surface area (Å²) < 4.78 is 42.1. The SMILES string of the molecule is Cc1ccc(NC(=O)CCN2C(=S)N[C@@H](c3ccccn3)[C@H]2c2cccn2-c2cccc(C(F)(F)F)c2)cc1. The van der Waals surface area contributed by atoms with Crippen LogP contribution >= 0.6 is 12.2 Å². The minimum Gasteiger partial charge on any atom is -0.352 e. The van der Waals surface area contributed by atoms with Crippen LogP contribution in [0.1, 0.15) is 41.0 Å². The molecule has 2 N–H and O–H groups in total. The summed E-state index contributed by atoms with van der Waals surface area (Å²) >= 11 is 5.69. The molecule has 0 bridgehead atoms. The molecule has 200 valence electrons. The standard InChI is InChI=1S/C29H26F3N5OS/c1-19-10-12-21(13-11-19)34-25(38)14-17-37-27(26(35-28(37)39)23-8-2-3-15-33-23)24-9-5-16-36(24)22-7-4-6-20(18-22)29(30,31)32/h2-13,15-16,18,26-27H,14,17H2,1H3,(H,34,38)(H,35,39)/t26-,27+/m0/s1. The Kier molecular flexibility index (Phi) is 7.38. The van der Waals surface area contributed by atoms with Crippen LogP contribution in [0.3, 0.4) is 0 Å². The lowest BCUT2D eigenvalue weighted by Crippen LogP contribution is -2.33. The molecule has 2 atom stereocenters. The van der Waals surface area contributed by atoms with Gasteiger partial charge in [-0.25, -0.2) is 0 Å². The number of nitrogens with zero attached hydrogens (tertiary/aromatic N) is 3. The molecule has 1 aliphatic rings. The topological polar surface area (TPSA) is 62.2 Å². The molecule has 1 aliphatic heterocycles. The highest BCUT2D eigenvalue weighted by Gasteiger charge is 2.41. The molecule has 2 aromatic carbocycles. The number of benzene rings is 2. The van der Waals surface area contributed by atoms with Crippen molar-refractivity contribution in [1.29, 1.82) is 0 Å². The van der Waals surface area contributed by atoms with Gasteiger partial charge >= 0.3 is 6.18 Å². The predicted molar refractivity (Wildman–Crippen MR) is 147 cm³/mol. The van der Waals surface area contributed by atoms with Gasteiger partial charge in [0.25, 0.3) is 0 Å². The predicted octanol–water partition coefficient (Wildman–Crippen LogP) is 6.20. The molecule has 0 aliphatic carbocycles. The van der Waals surface area contributed by atoms with Crippen LogP contribution in [0.2, 0.25) is 0 Å². The van der Waals surface area contributed by atoms with Crippen LogP contribution in [0.15, 0.2) is 91.3 Å². The summed E-state index contributed by atoms with van der Waals surface area (Å²) in [6.45, 7) is 2.27. The number of nitrogens with one attached hydrogen (secondary N) is 2. The number of halogens is 3. The second kappa shape index (κ2) is 10.9. The molecule has 0 unspecified atom stereocenters. The second-order valence-corrected chi connectivity index (χ2v) is 9.72. The minimum atomic E-state index is -4.47. The first kappa shape index (κ1) is 26.4. The third-order valence-corrected chi connectivity index (χ3v) is 7.00. The molecule has 6 nitrogen and oxygen atoms in total. The smallest absolute Gasteiger partial charge is 0.352 e. The molecule has 39 heavy (non-hydrogen) atoms. The van der Waals surface area contributed by atoms with E-state index in [0.717, 1.165) is 29.1 Å². The highest BCUT2D eigenvalue weighted by Crippen LogP contribution is 2.40. The van der Waals surface area contributed by atoms with Crippen molar-refractivity contribution in [3.8, 4) is 5.69 Å². The van der Waals surface area contributed by atoms with Gasteiger partial charge in [-0.15, -0.1) is 0 Å². The molecule has 10 heteroatoms. The largest absolute Gasteiger partial charge is 0.416 e. The fraction of sp³-hybridized carbons (Fsp3) is 0.207. The Morgan fingerprint density at radius 3 is 2.56 bits per heavy atom. The van der Waals surface area contributed by atoms with Crippen LogP contribution in [0.4, 0.5) is 18.9 Å². The molecule has 3 heterocycles. The zero-order valence-electron chi connectivity index (χ0n) is 21.0. The molecular formula is C29H26F3N5OS. The van der Waals surface area contributed by atoms with E-state index in [1.165, 1.54) is 6.07 Å². The van der Waals surface area contributed by atoms with Gasteiger partial charge < -0.3 is 20.1 Å². The van der Waals surface area contributed by atoms with Crippen molar-refractivity contribution in [2.75, 3.05) is 11.9 Å². The zero-order valence-corrected chi connectivity index (χ0v) is 21.8. The normalized spacial score (nSPS) is 17.2. The first-order chi connectivity index (χ1) is 18.7. The van der Waals surface area contributed by atoms with E-state index in [2.05, 4.69) is 15.6 Å². The highest BCUT2D eigenvalue weighted by atomic mass is 32.1. The molecule has 2 aromatic heterocycles. The van der Waals surface area contributed by atoms with E-state index in [0.29, 0.717) is 23.0 Å².